The number of hydrogen-bond acceptors (Lipinski definition) is 4. The Balaban J connectivity index is 1.90. The first-order chi connectivity index (χ1) is 10.2. The van der Waals surface area contributed by atoms with Crippen molar-refractivity contribution in [3.63, 3.8) is 0 Å². The number of fused-ring (bicyclic) bond motifs is 1. The SMILES string of the molecule is O=C1CCCCCc2cc(N3CC(CO)OC3=O)ccc21. The molecule has 0 saturated carbocycles. The number of anilines is 1. The van der Waals surface area contributed by atoms with Crippen molar-refractivity contribution in [1.29, 1.82) is 0 Å². The van der Waals surface area contributed by atoms with Gasteiger partial charge in [-0.25, -0.2) is 4.79 Å². The predicted molar refractivity (Wildman–Crippen MR) is 77.6 cm³/mol. The van der Waals surface area contributed by atoms with Crippen molar-refractivity contribution in [3.05, 3.63) is 29.3 Å². The van der Waals surface area contributed by atoms with Crippen LogP contribution in [0.2, 0.25) is 0 Å². The van der Waals surface area contributed by atoms with Gasteiger partial charge >= 0.3 is 6.09 Å². The maximum absolute atomic E-state index is 12.1. The van der Waals surface area contributed by atoms with Crippen molar-refractivity contribution in [2.24, 2.45) is 0 Å². The number of carbonyl (C=O) groups excluding carboxylic acids is 2. The minimum atomic E-state index is -0.471. The number of carbonyl (C=O) groups is 2. The minimum Gasteiger partial charge on any atom is -0.441 e. The third-order valence-electron chi connectivity index (χ3n) is 4.13. The fourth-order valence-electron chi connectivity index (χ4n) is 2.97. The number of nitrogens with zero attached hydrogens (tertiary/aromatic N) is 1. The summed E-state index contributed by atoms with van der Waals surface area (Å²) < 4.78 is 5.06. The molecule has 5 nitrogen and oxygen atoms in total. The smallest absolute Gasteiger partial charge is 0.414 e. The molecule has 1 aromatic rings. The molecule has 1 unspecified atom stereocenters. The summed E-state index contributed by atoms with van der Waals surface area (Å²) in [5, 5.41) is 9.10. The molecule has 5 heteroatoms. The van der Waals surface area contributed by atoms with E-state index in [0.29, 0.717) is 13.0 Å². The number of ether oxygens (including phenoxy) is 1. The van der Waals surface area contributed by atoms with E-state index in [4.69, 9.17) is 9.84 Å². The number of rotatable bonds is 2. The number of ketones is 1. The second-order valence-electron chi connectivity index (χ2n) is 5.62. The molecule has 21 heavy (non-hydrogen) atoms. The molecule has 1 aliphatic heterocycles. The summed E-state index contributed by atoms with van der Waals surface area (Å²) >= 11 is 0. The van der Waals surface area contributed by atoms with Crippen LogP contribution in [0.1, 0.15) is 41.6 Å². The van der Waals surface area contributed by atoms with E-state index in [1.54, 1.807) is 6.07 Å². The molecule has 112 valence electrons. The molecule has 3 rings (SSSR count). The summed E-state index contributed by atoms with van der Waals surface area (Å²) in [6.45, 7) is 0.174. The first-order valence-corrected chi connectivity index (χ1v) is 7.44. The van der Waals surface area contributed by atoms with Gasteiger partial charge in [-0.3, -0.25) is 9.69 Å². The standard InChI is InChI=1S/C16H19NO4/c18-10-13-9-17(16(20)21-13)12-6-7-14-11(8-12)4-2-1-3-5-15(14)19/h6-8,13,18H,1-5,9-10H2. The Kier molecular flexibility index (Phi) is 3.92. The topological polar surface area (TPSA) is 66.8 Å². The van der Waals surface area contributed by atoms with Crippen LogP contribution in [0.15, 0.2) is 18.2 Å². The van der Waals surface area contributed by atoms with E-state index >= 15 is 0 Å². The maximum atomic E-state index is 12.1. The van der Waals surface area contributed by atoms with Crippen molar-refractivity contribution >= 4 is 17.6 Å². The van der Waals surface area contributed by atoms with Gasteiger partial charge < -0.3 is 9.84 Å². The van der Waals surface area contributed by atoms with Crippen LogP contribution in [0, 0.1) is 0 Å². The largest absolute Gasteiger partial charge is 0.441 e. The van der Waals surface area contributed by atoms with Crippen molar-refractivity contribution in [3.8, 4) is 0 Å². The van der Waals surface area contributed by atoms with E-state index in [-0.39, 0.29) is 12.4 Å². The molecule has 0 aromatic heterocycles. The van der Waals surface area contributed by atoms with Crippen molar-refractivity contribution < 1.29 is 19.4 Å². The number of Topliss-reactive ketones (excluding diaryl/α,β-unsaturated/α-hetero) is 1. The lowest BCUT2D eigenvalue weighted by Crippen LogP contribution is -2.25. The number of benzene rings is 1. The van der Waals surface area contributed by atoms with Gasteiger partial charge in [0, 0.05) is 17.7 Å². The number of aliphatic hydroxyl groups excluding tert-OH is 1. The van der Waals surface area contributed by atoms with Gasteiger partial charge in [0.15, 0.2) is 5.78 Å². The van der Waals surface area contributed by atoms with Crippen LogP contribution in [-0.4, -0.2) is 36.2 Å². The molecule has 1 saturated heterocycles. The molecule has 0 bridgehead atoms. The highest BCUT2D eigenvalue weighted by atomic mass is 16.6. The maximum Gasteiger partial charge on any atom is 0.414 e. The van der Waals surface area contributed by atoms with Gasteiger partial charge in [-0.2, -0.15) is 0 Å². The highest BCUT2D eigenvalue weighted by Gasteiger charge is 2.32. The van der Waals surface area contributed by atoms with Crippen LogP contribution in [0.3, 0.4) is 0 Å². The highest BCUT2D eigenvalue weighted by Crippen LogP contribution is 2.27. The number of hydrogen-bond donors (Lipinski definition) is 1. The Bertz CT molecular complexity index is 569. The summed E-state index contributed by atoms with van der Waals surface area (Å²) in [4.78, 5) is 25.5. The van der Waals surface area contributed by atoms with E-state index in [1.807, 2.05) is 12.1 Å². The van der Waals surface area contributed by atoms with Crippen LogP contribution in [-0.2, 0) is 11.2 Å². The fraction of sp³-hybridized carbons (Fsp3) is 0.500. The van der Waals surface area contributed by atoms with Gasteiger partial charge in [-0.15, -0.1) is 0 Å². The Labute approximate surface area is 123 Å². The Hall–Kier alpha value is -1.88. The molecular weight excluding hydrogens is 270 g/mol. The van der Waals surface area contributed by atoms with E-state index in [1.165, 1.54) is 4.90 Å². The first-order valence-electron chi connectivity index (χ1n) is 7.44. The lowest BCUT2D eigenvalue weighted by atomic mass is 9.92. The predicted octanol–water partition coefficient (Wildman–Crippen LogP) is 2.30. The van der Waals surface area contributed by atoms with Crippen LogP contribution in [0.5, 0.6) is 0 Å². The highest BCUT2D eigenvalue weighted by molar-refractivity contribution is 5.98. The van der Waals surface area contributed by atoms with Gasteiger partial charge in [0.2, 0.25) is 0 Å². The fourth-order valence-corrected chi connectivity index (χ4v) is 2.97. The van der Waals surface area contributed by atoms with Crippen molar-refractivity contribution in [2.75, 3.05) is 18.1 Å². The summed E-state index contributed by atoms with van der Waals surface area (Å²) in [7, 11) is 0. The molecule has 1 amide bonds. The van der Waals surface area contributed by atoms with Crippen LogP contribution in [0.4, 0.5) is 10.5 Å². The molecule has 1 aromatic carbocycles. The second kappa shape index (κ2) is 5.85. The monoisotopic (exact) mass is 289 g/mol. The van der Waals surface area contributed by atoms with Crippen molar-refractivity contribution in [2.45, 2.75) is 38.2 Å². The van der Waals surface area contributed by atoms with E-state index < -0.39 is 12.2 Å². The van der Waals surface area contributed by atoms with Crippen LogP contribution < -0.4 is 4.90 Å². The third-order valence-corrected chi connectivity index (χ3v) is 4.13. The van der Waals surface area contributed by atoms with Crippen molar-refractivity contribution in [1.82, 2.24) is 0 Å². The number of aryl methyl sites for hydroxylation is 1. The molecule has 2 aliphatic rings. The van der Waals surface area contributed by atoms with E-state index in [9.17, 15) is 9.59 Å². The summed E-state index contributed by atoms with van der Waals surface area (Å²) in [6, 6.07) is 5.52. The molecule has 0 spiro atoms. The molecule has 0 radical (unpaired) electrons. The van der Waals surface area contributed by atoms with Gasteiger partial charge in [-0.1, -0.05) is 6.42 Å². The quantitative estimate of drug-likeness (QED) is 0.907. The Morgan fingerprint density at radius 1 is 1.19 bits per heavy atom. The van der Waals surface area contributed by atoms with E-state index in [2.05, 4.69) is 0 Å². The molecule has 1 N–H and O–H groups in total. The number of aliphatic hydroxyl groups is 1. The minimum absolute atomic E-state index is 0.175. The molecule has 1 aliphatic carbocycles. The van der Waals surface area contributed by atoms with Gasteiger partial charge in [0.25, 0.3) is 0 Å². The molecule has 1 fully saturated rings. The zero-order valence-corrected chi connectivity index (χ0v) is 11.9. The average Bonchev–Trinajstić information content (AvgIpc) is 2.85. The molecule has 1 atom stereocenters. The zero-order chi connectivity index (χ0) is 14.8. The normalized spacial score (nSPS) is 22.5. The lowest BCUT2D eigenvalue weighted by molar-refractivity contribution is 0.0962. The Morgan fingerprint density at radius 2 is 2.00 bits per heavy atom. The second-order valence-corrected chi connectivity index (χ2v) is 5.62. The first kappa shape index (κ1) is 14.1. The van der Waals surface area contributed by atoms with Gasteiger partial charge in [0.1, 0.15) is 6.10 Å². The third kappa shape index (κ3) is 2.78. The Morgan fingerprint density at radius 3 is 2.76 bits per heavy atom. The lowest BCUT2D eigenvalue weighted by Gasteiger charge is -2.18. The number of amides is 1. The average molecular weight is 289 g/mol. The van der Waals surface area contributed by atoms with Crippen LogP contribution in [0.25, 0.3) is 0 Å². The molecule has 1 heterocycles. The summed E-state index contributed by atoms with van der Waals surface area (Å²) in [5.74, 6) is 0.188. The van der Waals surface area contributed by atoms with Gasteiger partial charge in [0.05, 0.1) is 13.2 Å². The van der Waals surface area contributed by atoms with Crippen LogP contribution >= 0.6 is 0 Å². The zero-order valence-electron chi connectivity index (χ0n) is 11.9. The molecular formula is C16H19NO4. The van der Waals surface area contributed by atoms with E-state index in [0.717, 1.165) is 42.5 Å². The number of cyclic esters (lactones) is 1. The summed E-state index contributed by atoms with van der Waals surface area (Å²) in [6.07, 6.45) is 3.64. The summed E-state index contributed by atoms with van der Waals surface area (Å²) in [5.41, 5.74) is 2.53. The van der Waals surface area contributed by atoms with Gasteiger partial charge in [-0.05, 0) is 43.0 Å².